The lowest BCUT2D eigenvalue weighted by Crippen LogP contribution is -2.26. The van der Waals surface area contributed by atoms with Gasteiger partial charge in [-0.05, 0) is 31.3 Å². The molecule has 18 heavy (non-hydrogen) atoms. The molecule has 0 rings (SSSR count). The number of thioether (sulfide) groups is 1. The minimum atomic E-state index is -0.862. The molecule has 1 atom stereocenters. The van der Waals surface area contributed by atoms with Gasteiger partial charge in [-0.15, -0.1) is 0 Å². The van der Waals surface area contributed by atoms with Crippen LogP contribution in [-0.2, 0) is 19.0 Å². The van der Waals surface area contributed by atoms with Crippen LogP contribution in [0, 0.1) is 23.0 Å². The van der Waals surface area contributed by atoms with Gasteiger partial charge in [0.2, 0.25) is 6.10 Å². The maximum absolute atomic E-state index is 11.5. The van der Waals surface area contributed by atoms with Gasteiger partial charge in [0, 0.05) is 0 Å². The summed E-state index contributed by atoms with van der Waals surface area (Å²) >= 11 is 1.73. The minimum absolute atomic E-state index is 0.00792. The van der Waals surface area contributed by atoms with Crippen molar-refractivity contribution in [1.82, 2.24) is 0 Å². The smallest absolute Gasteiger partial charge is 0.348 e. The Labute approximate surface area is 111 Å². The lowest BCUT2D eigenvalue weighted by Gasteiger charge is -2.12. The van der Waals surface area contributed by atoms with Crippen LogP contribution in [0.15, 0.2) is 0 Å². The van der Waals surface area contributed by atoms with Crippen molar-refractivity contribution in [1.29, 1.82) is 10.5 Å². The first-order valence-corrected chi connectivity index (χ1v) is 6.86. The summed E-state index contributed by atoms with van der Waals surface area (Å²) in [5.41, 5.74) is 0. The zero-order valence-electron chi connectivity index (χ0n) is 10.3. The summed E-state index contributed by atoms with van der Waals surface area (Å²) in [5.74, 6) is 0.409. The fourth-order valence-corrected chi connectivity index (χ4v) is 1.68. The van der Waals surface area contributed by atoms with Crippen molar-refractivity contribution in [2.45, 2.75) is 25.4 Å². The first-order chi connectivity index (χ1) is 8.76. The number of carbonyl (C=O) groups excluding carboxylic acids is 1. The highest BCUT2D eigenvalue weighted by molar-refractivity contribution is 7.98. The summed E-state index contributed by atoms with van der Waals surface area (Å²) in [5, 5.41) is 16.6. The first-order valence-electron chi connectivity index (χ1n) is 5.47. The second-order valence-corrected chi connectivity index (χ2v) is 4.28. The summed E-state index contributed by atoms with van der Waals surface area (Å²) in [6, 6.07) is 0. The monoisotopic (exact) mass is 272 g/mol. The molecule has 0 bridgehead atoms. The third-order valence-corrected chi connectivity index (χ3v) is 2.71. The fraction of sp³-hybridized carbons (Fsp3) is 0.727. The van der Waals surface area contributed by atoms with Gasteiger partial charge in [0.1, 0.15) is 13.2 Å². The molecule has 0 saturated carbocycles. The van der Waals surface area contributed by atoms with Gasteiger partial charge in [0.05, 0.1) is 0 Å². The molecular weight excluding hydrogens is 256 g/mol. The molecule has 0 aliphatic heterocycles. The molecule has 0 aromatic rings. The van der Waals surface area contributed by atoms with Gasteiger partial charge >= 0.3 is 5.97 Å². The fourth-order valence-electron chi connectivity index (χ4n) is 1.19. The van der Waals surface area contributed by atoms with Gasteiger partial charge < -0.3 is 14.2 Å². The molecule has 0 aromatic heterocycles. The second-order valence-electron chi connectivity index (χ2n) is 3.29. The van der Waals surface area contributed by atoms with Gasteiger partial charge in [0.15, 0.2) is 0 Å². The third kappa shape index (κ3) is 8.54. The van der Waals surface area contributed by atoms with Gasteiger partial charge in [0.25, 0.3) is 12.5 Å². The topological polar surface area (TPSA) is 92.3 Å². The average Bonchev–Trinajstić information content (AvgIpc) is 2.38. The van der Waals surface area contributed by atoms with Crippen LogP contribution in [0.2, 0.25) is 0 Å². The molecule has 1 unspecified atom stereocenters. The lowest BCUT2D eigenvalue weighted by molar-refractivity contribution is -0.154. The van der Waals surface area contributed by atoms with E-state index in [2.05, 4.69) is 9.47 Å². The van der Waals surface area contributed by atoms with E-state index in [1.165, 1.54) is 12.5 Å². The van der Waals surface area contributed by atoms with Crippen molar-refractivity contribution in [2.24, 2.45) is 0 Å². The van der Waals surface area contributed by atoms with Crippen molar-refractivity contribution in [3.63, 3.8) is 0 Å². The summed E-state index contributed by atoms with van der Waals surface area (Å²) < 4.78 is 13.8. The Hall–Kier alpha value is -1.60. The zero-order chi connectivity index (χ0) is 13.6. The number of carbonyl (C=O) groups is 1. The minimum Gasteiger partial charge on any atom is -0.459 e. The second kappa shape index (κ2) is 11.9. The van der Waals surface area contributed by atoms with Crippen LogP contribution < -0.4 is 0 Å². The zero-order valence-corrected chi connectivity index (χ0v) is 11.1. The van der Waals surface area contributed by atoms with Crippen molar-refractivity contribution in [3.05, 3.63) is 0 Å². The normalized spacial score (nSPS) is 10.8. The Morgan fingerprint density at radius 1 is 1.28 bits per heavy atom. The molecule has 0 fully saturated rings. The number of hydrogen-bond acceptors (Lipinski definition) is 7. The van der Waals surface area contributed by atoms with E-state index in [1.807, 2.05) is 6.26 Å². The van der Waals surface area contributed by atoms with Crippen LogP contribution in [0.5, 0.6) is 0 Å². The van der Waals surface area contributed by atoms with Crippen molar-refractivity contribution in [2.75, 3.05) is 25.2 Å². The largest absolute Gasteiger partial charge is 0.459 e. The molecular formula is C11H16N2O4S. The van der Waals surface area contributed by atoms with Crippen molar-refractivity contribution < 1.29 is 19.0 Å². The van der Waals surface area contributed by atoms with Crippen LogP contribution >= 0.6 is 11.8 Å². The number of esters is 1. The Bertz CT molecular complexity index is 311. The Kier molecular flexibility index (Phi) is 10.8. The van der Waals surface area contributed by atoms with Crippen LogP contribution in [0.25, 0.3) is 0 Å². The molecule has 0 aliphatic carbocycles. The first kappa shape index (κ1) is 16.4. The highest BCUT2D eigenvalue weighted by Crippen LogP contribution is 2.09. The number of ether oxygens (including phenoxy) is 3. The molecule has 0 spiro atoms. The van der Waals surface area contributed by atoms with E-state index >= 15 is 0 Å². The number of rotatable bonds is 10. The van der Waals surface area contributed by atoms with Crippen molar-refractivity contribution in [3.8, 4) is 12.5 Å². The molecule has 0 saturated heterocycles. The van der Waals surface area contributed by atoms with E-state index in [9.17, 15) is 4.79 Å². The summed E-state index contributed by atoms with van der Waals surface area (Å²) in [6.45, 7) is -0.0174. The highest BCUT2D eigenvalue weighted by Gasteiger charge is 2.21. The quantitative estimate of drug-likeness (QED) is 0.337. The van der Waals surface area contributed by atoms with Gasteiger partial charge in [-0.3, -0.25) is 0 Å². The molecule has 0 radical (unpaired) electrons. The Morgan fingerprint density at radius 2 is 2.06 bits per heavy atom. The van der Waals surface area contributed by atoms with E-state index in [1.54, 1.807) is 11.8 Å². The van der Waals surface area contributed by atoms with Gasteiger partial charge in [-0.25, -0.2) is 4.79 Å². The van der Waals surface area contributed by atoms with Gasteiger partial charge in [-0.1, -0.05) is 0 Å². The van der Waals surface area contributed by atoms with Crippen LogP contribution in [0.3, 0.4) is 0 Å². The molecule has 6 nitrogen and oxygen atoms in total. The molecule has 0 amide bonds. The summed E-state index contributed by atoms with van der Waals surface area (Å²) in [4.78, 5) is 11.5. The third-order valence-electron chi connectivity index (χ3n) is 2.02. The summed E-state index contributed by atoms with van der Waals surface area (Å²) in [6.07, 6.45) is 6.31. The Morgan fingerprint density at radius 3 is 2.67 bits per heavy atom. The highest BCUT2D eigenvalue weighted by atomic mass is 32.2. The number of nitrogens with zero attached hydrogens (tertiary/aromatic N) is 2. The van der Waals surface area contributed by atoms with Crippen molar-refractivity contribution >= 4 is 17.7 Å². The molecule has 0 aliphatic rings. The van der Waals surface area contributed by atoms with Gasteiger partial charge in [-0.2, -0.15) is 22.3 Å². The number of nitriles is 2. The number of unbranched alkanes of at least 4 members (excludes halogenated alkanes) is 1. The van der Waals surface area contributed by atoms with E-state index < -0.39 is 12.1 Å². The van der Waals surface area contributed by atoms with Crippen LogP contribution in [-0.4, -0.2) is 37.3 Å². The van der Waals surface area contributed by atoms with Crippen LogP contribution in [0.1, 0.15) is 19.3 Å². The molecule has 0 heterocycles. The molecule has 0 aromatic carbocycles. The maximum Gasteiger partial charge on any atom is 0.348 e. The van der Waals surface area contributed by atoms with Crippen LogP contribution in [0.4, 0.5) is 0 Å². The van der Waals surface area contributed by atoms with E-state index in [0.717, 1.165) is 18.6 Å². The molecule has 100 valence electrons. The predicted molar refractivity (Wildman–Crippen MR) is 65.2 cm³/mol. The van der Waals surface area contributed by atoms with E-state index in [0.29, 0.717) is 6.42 Å². The summed E-state index contributed by atoms with van der Waals surface area (Å²) in [7, 11) is 0. The molecule has 0 N–H and O–H groups in total. The maximum atomic E-state index is 11.5. The standard InChI is InChI=1S/C11H16N2O4S/c1-18-7-3-2-4-10(17-9-13)11(14)16-6-5-15-8-12/h10H,2-7H2,1H3. The van der Waals surface area contributed by atoms with E-state index in [4.69, 9.17) is 15.3 Å². The number of hydrogen-bond donors (Lipinski definition) is 0. The lowest BCUT2D eigenvalue weighted by atomic mass is 10.1. The SMILES string of the molecule is CSCCCCC(OC#N)C(=O)OCCOC#N. The Balaban J connectivity index is 3.88. The average molecular weight is 272 g/mol. The predicted octanol–water partition coefficient (Wildman–Crippen LogP) is 1.43. The van der Waals surface area contributed by atoms with E-state index in [-0.39, 0.29) is 13.2 Å². The molecule has 7 heteroatoms.